The lowest BCUT2D eigenvalue weighted by atomic mass is 10.0. The van der Waals surface area contributed by atoms with Crippen LogP contribution in [0.25, 0.3) is 0 Å². The lowest BCUT2D eigenvalue weighted by molar-refractivity contribution is -0.149. The molecule has 2 atom stereocenters. The monoisotopic (exact) mass is 448 g/mol. The van der Waals surface area contributed by atoms with Crippen molar-refractivity contribution in [3.8, 4) is 0 Å². The third-order valence-corrected chi connectivity index (χ3v) is 4.81. The molecule has 0 aliphatic rings. The van der Waals surface area contributed by atoms with Gasteiger partial charge in [0.1, 0.15) is 12.1 Å². The molecular formula is C24H36N2O6. The van der Waals surface area contributed by atoms with Crippen LogP contribution in [0.5, 0.6) is 0 Å². The molecule has 0 aliphatic carbocycles. The van der Waals surface area contributed by atoms with Crippen molar-refractivity contribution >= 4 is 23.8 Å². The van der Waals surface area contributed by atoms with Gasteiger partial charge in [-0.05, 0) is 44.6 Å². The summed E-state index contributed by atoms with van der Waals surface area (Å²) in [5.74, 6) is -1.99. The summed E-state index contributed by atoms with van der Waals surface area (Å²) < 4.78 is 9.90. The van der Waals surface area contributed by atoms with Crippen molar-refractivity contribution < 1.29 is 28.7 Å². The first-order valence-corrected chi connectivity index (χ1v) is 11.2. The van der Waals surface area contributed by atoms with Gasteiger partial charge >= 0.3 is 11.9 Å². The Bertz CT molecular complexity index is 735. The van der Waals surface area contributed by atoms with Gasteiger partial charge in [0.25, 0.3) is 0 Å². The average molecular weight is 449 g/mol. The van der Waals surface area contributed by atoms with E-state index in [2.05, 4.69) is 10.6 Å². The zero-order valence-corrected chi connectivity index (χ0v) is 19.5. The summed E-state index contributed by atoms with van der Waals surface area (Å²) in [7, 11) is 0. The minimum atomic E-state index is -0.997. The Morgan fingerprint density at radius 2 is 1.56 bits per heavy atom. The third kappa shape index (κ3) is 10.4. The van der Waals surface area contributed by atoms with Crippen molar-refractivity contribution in [3.05, 3.63) is 35.9 Å². The Labute approximate surface area is 190 Å². The van der Waals surface area contributed by atoms with E-state index in [9.17, 15) is 19.2 Å². The Balaban J connectivity index is 2.66. The first-order chi connectivity index (χ1) is 15.3. The van der Waals surface area contributed by atoms with E-state index < -0.39 is 29.9 Å². The summed E-state index contributed by atoms with van der Waals surface area (Å²) in [6, 6.07) is 8.06. The minimum absolute atomic E-state index is 0.0320. The van der Waals surface area contributed by atoms with Gasteiger partial charge in [-0.3, -0.25) is 14.4 Å². The maximum absolute atomic E-state index is 12.9. The Morgan fingerprint density at radius 3 is 2.16 bits per heavy atom. The molecule has 8 nitrogen and oxygen atoms in total. The van der Waals surface area contributed by atoms with Crippen LogP contribution in [-0.4, -0.2) is 49.1 Å². The van der Waals surface area contributed by atoms with Crippen molar-refractivity contribution in [1.29, 1.82) is 0 Å². The number of ether oxygens (including phenoxy) is 2. The topological polar surface area (TPSA) is 111 Å². The van der Waals surface area contributed by atoms with Crippen LogP contribution in [0.2, 0.25) is 0 Å². The second-order valence-corrected chi connectivity index (χ2v) is 7.79. The summed E-state index contributed by atoms with van der Waals surface area (Å²) in [5.41, 5.74) is 1.15. The molecule has 178 valence electrons. The van der Waals surface area contributed by atoms with E-state index in [4.69, 9.17) is 9.47 Å². The molecule has 0 bridgehead atoms. The number of esters is 2. The predicted molar refractivity (Wildman–Crippen MR) is 121 cm³/mol. The highest BCUT2D eigenvalue weighted by Gasteiger charge is 2.29. The van der Waals surface area contributed by atoms with Crippen LogP contribution in [0, 0.1) is 5.92 Å². The van der Waals surface area contributed by atoms with Gasteiger partial charge in [0.05, 0.1) is 13.2 Å². The first-order valence-electron chi connectivity index (χ1n) is 11.2. The van der Waals surface area contributed by atoms with Gasteiger partial charge in [-0.2, -0.15) is 0 Å². The Kier molecular flexibility index (Phi) is 12.7. The van der Waals surface area contributed by atoms with E-state index in [1.165, 1.54) is 0 Å². The van der Waals surface area contributed by atoms with Gasteiger partial charge in [0.2, 0.25) is 11.8 Å². The standard InChI is InChI=1S/C24H36N2O6/c1-5-31-21(28)16-15-19(24(30)32-6-2)25-23(29)22(17(3)4)26-20(27)14-10-13-18-11-8-7-9-12-18/h7-9,11-12,17,19,22H,5-6,10,13-16H2,1-4H3,(H,25,29)(H,26,27)/t19-,22+/m1/s1. The van der Waals surface area contributed by atoms with Gasteiger partial charge in [0.15, 0.2) is 0 Å². The van der Waals surface area contributed by atoms with Crippen molar-refractivity contribution in [3.63, 3.8) is 0 Å². The molecular weight excluding hydrogens is 412 g/mol. The van der Waals surface area contributed by atoms with Crippen LogP contribution in [0.15, 0.2) is 30.3 Å². The van der Waals surface area contributed by atoms with Crippen LogP contribution < -0.4 is 10.6 Å². The molecule has 0 aliphatic heterocycles. The molecule has 0 aromatic heterocycles. The number of amides is 2. The van der Waals surface area contributed by atoms with Crippen LogP contribution in [-0.2, 0) is 35.1 Å². The van der Waals surface area contributed by atoms with E-state index in [0.717, 1.165) is 12.0 Å². The summed E-state index contributed by atoms with van der Waals surface area (Å²) >= 11 is 0. The first kappa shape index (κ1) is 27.1. The average Bonchev–Trinajstić information content (AvgIpc) is 2.75. The van der Waals surface area contributed by atoms with Gasteiger partial charge in [0, 0.05) is 12.8 Å². The molecule has 1 aromatic carbocycles. The molecule has 0 fully saturated rings. The molecule has 1 aromatic rings. The van der Waals surface area contributed by atoms with E-state index in [1.807, 2.05) is 44.2 Å². The molecule has 0 unspecified atom stereocenters. The fourth-order valence-corrected chi connectivity index (χ4v) is 3.13. The highest BCUT2D eigenvalue weighted by atomic mass is 16.5. The second kappa shape index (κ2) is 15.0. The maximum atomic E-state index is 12.9. The quantitative estimate of drug-likeness (QED) is 0.423. The molecule has 1 rings (SSSR count). The van der Waals surface area contributed by atoms with E-state index in [1.54, 1.807) is 13.8 Å². The largest absolute Gasteiger partial charge is 0.466 e. The van der Waals surface area contributed by atoms with E-state index in [-0.39, 0.29) is 44.3 Å². The highest BCUT2D eigenvalue weighted by molar-refractivity contribution is 5.91. The zero-order chi connectivity index (χ0) is 23.9. The molecule has 2 N–H and O–H groups in total. The van der Waals surface area contributed by atoms with Gasteiger partial charge in [-0.15, -0.1) is 0 Å². The Morgan fingerprint density at radius 1 is 0.906 bits per heavy atom. The van der Waals surface area contributed by atoms with E-state index >= 15 is 0 Å². The van der Waals surface area contributed by atoms with Crippen LogP contribution in [0.1, 0.15) is 58.9 Å². The minimum Gasteiger partial charge on any atom is -0.466 e. The van der Waals surface area contributed by atoms with Gasteiger partial charge < -0.3 is 20.1 Å². The predicted octanol–water partition coefficient (Wildman–Crippen LogP) is 2.54. The highest BCUT2D eigenvalue weighted by Crippen LogP contribution is 2.09. The lowest BCUT2D eigenvalue weighted by Gasteiger charge is -2.24. The van der Waals surface area contributed by atoms with Gasteiger partial charge in [-0.25, -0.2) is 4.79 Å². The summed E-state index contributed by atoms with van der Waals surface area (Å²) in [4.78, 5) is 49.2. The lowest BCUT2D eigenvalue weighted by Crippen LogP contribution is -2.54. The number of hydrogen-bond donors (Lipinski definition) is 2. The summed E-state index contributed by atoms with van der Waals surface area (Å²) in [6.45, 7) is 7.36. The van der Waals surface area contributed by atoms with E-state index in [0.29, 0.717) is 6.42 Å². The number of carbonyl (C=O) groups excluding carboxylic acids is 4. The third-order valence-electron chi connectivity index (χ3n) is 4.81. The van der Waals surface area contributed by atoms with Crippen LogP contribution in [0.4, 0.5) is 0 Å². The number of hydrogen-bond acceptors (Lipinski definition) is 6. The van der Waals surface area contributed by atoms with Crippen LogP contribution >= 0.6 is 0 Å². The number of nitrogens with one attached hydrogen (secondary N) is 2. The molecule has 32 heavy (non-hydrogen) atoms. The Hall–Kier alpha value is -2.90. The SMILES string of the molecule is CCOC(=O)CC[C@@H](NC(=O)[C@@H](NC(=O)CCCc1ccccc1)C(C)C)C(=O)OCC. The van der Waals surface area contributed by atoms with Crippen molar-refractivity contribution in [2.75, 3.05) is 13.2 Å². The molecule has 0 radical (unpaired) electrons. The molecule has 8 heteroatoms. The van der Waals surface area contributed by atoms with Gasteiger partial charge in [-0.1, -0.05) is 44.2 Å². The fraction of sp³-hybridized carbons (Fsp3) is 0.583. The van der Waals surface area contributed by atoms with Crippen molar-refractivity contribution in [2.45, 2.75) is 71.9 Å². The molecule has 0 saturated heterocycles. The smallest absolute Gasteiger partial charge is 0.328 e. The number of aryl methyl sites for hydroxylation is 1. The normalized spacial score (nSPS) is 12.5. The fourth-order valence-electron chi connectivity index (χ4n) is 3.13. The second-order valence-electron chi connectivity index (χ2n) is 7.79. The summed E-state index contributed by atoms with van der Waals surface area (Å²) in [6.07, 6.45) is 1.74. The number of rotatable bonds is 14. The molecule has 2 amide bonds. The molecule has 0 heterocycles. The summed E-state index contributed by atoms with van der Waals surface area (Å²) in [5, 5.41) is 5.40. The van der Waals surface area contributed by atoms with Crippen molar-refractivity contribution in [2.24, 2.45) is 5.92 Å². The van der Waals surface area contributed by atoms with Crippen molar-refractivity contribution in [1.82, 2.24) is 10.6 Å². The molecule has 0 saturated carbocycles. The molecule has 0 spiro atoms. The maximum Gasteiger partial charge on any atom is 0.328 e. The zero-order valence-electron chi connectivity index (χ0n) is 19.5. The number of carbonyl (C=O) groups is 4. The number of benzene rings is 1. The van der Waals surface area contributed by atoms with Crippen LogP contribution in [0.3, 0.4) is 0 Å².